The van der Waals surface area contributed by atoms with Crippen molar-refractivity contribution >= 4 is 33.4 Å². The van der Waals surface area contributed by atoms with Gasteiger partial charge in [0, 0.05) is 23.6 Å². The van der Waals surface area contributed by atoms with Crippen molar-refractivity contribution in [2.24, 2.45) is 0 Å². The van der Waals surface area contributed by atoms with Crippen molar-refractivity contribution < 1.29 is 13.2 Å². The van der Waals surface area contributed by atoms with Gasteiger partial charge in [-0.2, -0.15) is 11.8 Å². The lowest BCUT2D eigenvalue weighted by Crippen LogP contribution is -2.26. The topological polar surface area (TPSA) is 75.3 Å². The van der Waals surface area contributed by atoms with E-state index in [1.54, 1.807) is 36.0 Å². The Bertz CT molecular complexity index is 1100. The number of thioether (sulfide) groups is 1. The van der Waals surface area contributed by atoms with Crippen LogP contribution in [-0.4, -0.2) is 26.6 Å². The van der Waals surface area contributed by atoms with Gasteiger partial charge >= 0.3 is 0 Å². The van der Waals surface area contributed by atoms with Crippen LogP contribution in [0.4, 0.5) is 5.69 Å². The Morgan fingerprint density at radius 2 is 1.67 bits per heavy atom. The first kappa shape index (κ1) is 21.9. The van der Waals surface area contributed by atoms with E-state index < -0.39 is 10.0 Å². The number of anilines is 1. The summed E-state index contributed by atoms with van der Waals surface area (Å²) < 4.78 is 28.0. The number of para-hydroxylation sites is 1. The van der Waals surface area contributed by atoms with E-state index in [9.17, 15) is 13.2 Å². The van der Waals surface area contributed by atoms with Crippen molar-refractivity contribution in [3.8, 4) is 0 Å². The fraction of sp³-hybridized carbons (Fsp3) is 0.174. The number of aryl methyl sites for hydroxylation is 1. The van der Waals surface area contributed by atoms with E-state index in [0.717, 1.165) is 17.1 Å². The molecule has 0 spiro atoms. The van der Waals surface area contributed by atoms with Crippen molar-refractivity contribution in [2.75, 3.05) is 17.0 Å². The molecule has 2 N–H and O–H groups in total. The molecule has 0 unspecified atom stereocenters. The second kappa shape index (κ2) is 10.3. The molecule has 0 fully saturated rings. The van der Waals surface area contributed by atoms with Crippen molar-refractivity contribution in [3.05, 3.63) is 95.6 Å². The van der Waals surface area contributed by atoms with Gasteiger partial charge < -0.3 is 5.32 Å². The highest BCUT2D eigenvalue weighted by atomic mass is 32.2. The lowest BCUT2D eigenvalue weighted by Gasteiger charge is -2.11. The third-order valence-corrected chi connectivity index (χ3v) is 6.83. The number of nitrogens with one attached hydrogen (secondary N) is 2. The minimum absolute atomic E-state index is 0.0526. The maximum Gasteiger partial charge on any atom is 0.261 e. The molecule has 7 heteroatoms. The number of carbonyl (C=O) groups excluding carboxylic acids is 1. The third-order valence-electron chi connectivity index (χ3n) is 4.44. The lowest BCUT2D eigenvalue weighted by atomic mass is 10.2. The molecule has 0 aliphatic heterocycles. The average molecular weight is 441 g/mol. The number of amides is 1. The number of hydrogen-bond donors (Lipinski definition) is 2. The zero-order valence-corrected chi connectivity index (χ0v) is 18.3. The Labute approximate surface area is 182 Å². The number of benzene rings is 3. The Morgan fingerprint density at radius 1 is 0.933 bits per heavy atom. The van der Waals surface area contributed by atoms with Gasteiger partial charge in [0.2, 0.25) is 0 Å². The molecular weight excluding hydrogens is 416 g/mol. The van der Waals surface area contributed by atoms with Crippen molar-refractivity contribution in [1.29, 1.82) is 0 Å². The number of sulfonamides is 1. The summed E-state index contributed by atoms with van der Waals surface area (Å²) in [4.78, 5) is 12.5. The first-order valence-electron chi connectivity index (χ1n) is 9.54. The molecule has 1 amide bonds. The zero-order chi connectivity index (χ0) is 21.4. The summed E-state index contributed by atoms with van der Waals surface area (Å²) in [6.45, 7) is 2.34. The highest BCUT2D eigenvalue weighted by Gasteiger charge is 2.17. The highest BCUT2D eigenvalue weighted by molar-refractivity contribution is 7.98. The molecule has 0 aromatic heterocycles. The minimum atomic E-state index is -3.79. The standard InChI is InChI=1S/C23H24N2O3S2/c1-18-8-5-6-13-22(18)25-30(27,28)21-12-7-11-20(16-21)23(26)24-14-15-29-17-19-9-3-2-4-10-19/h2-13,16,25H,14-15,17H2,1H3,(H,24,26). The Kier molecular flexibility index (Phi) is 7.54. The monoisotopic (exact) mass is 440 g/mol. The molecule has 3 aromatic rings. The summed E-state index contributed by atoms with van der Waals surface area (Å²) in [6, 6.07) is 23.4. The van der Waals surface area contributed by atoms with E-state index in [1.165, 1.54) is 17.7 Å². The van der Waals surface area contributed by atoms with Gasteiger partial charge in [-0.15, -0.1) is 0 Å². The molecule has 0 saturated carbocycles. The molecule has 156 valence electrons. The molecule has 3 rings (SSSR count). The maximum absolute atomic E-state index is 12.7. The smallest absolute Gasteiger partial charge is 0.261 e. The predicted molar refractivity (Wildman–Crippen MR) is 123 cm³/mol. The average Bonchev–Trinajstić information content (AvgIpc) is 2.76. The highest BCUT2D eigenvalue weighted by Crippen LogP contribution is 2.20. The molecule has 0 aliphatic carbocycles. The molecule has 5 nitrogen and oxygen atoms in total. The van der Waals surface area contributed by atoms with Gasteiger partial charge in [-0.05, 0) is 42.3 Å². The van der Waals surface area contributed by atoms with Crippen molar-refractivity contribution in [3.63, 3.8) is 0 Å². The molecule has 0 saturated heterocycles. The molecule has 0 bridgehead atoms. The Morgan fingerprint density at radius 3 is 2.43 bits per heavy atom. The van der Waals surface area contributed by atoms with Crippen LogP contribution in [0.5, 0.6) is 0 Å². The van der Waals surface area contributed by atoms with Crippen LogP contribution in [-0.2, 0) is 15.8 Å². The predicted octanol–water partition coefficient (Wildman–Crippen LogP) is 4.46. The summed E-state index contributed by atoms with van der Waals surface area (Å²) in [6.07, 6.45) is 0. The number of rotatable bonds is 9. The van der Waals surface area contributed by atoms with E-state index in [-0.39, 0.29) is 10.8 Å². The van der Waals surface area contributed by atoms with Crippen LogP contribution in [0.25, 0.3) is 0 Å². The number of carbonyl (C=O) groups is 1. The Balaban J connectivity index is 1.56. The largest absolute Gasteiger partial charge is 0.351 e. The van der Waals surface area contributed by atoms with Gasteiger partial charge in [-0.3, -0.25) is 9.52 Å². The molecule has 3 aromatic carbocycles. The summed E-state index contributed by atoms with van der Waals surface area (Å²) in [7, 11) is -3.79. The van der Waals surface area contributed by atoms with Gasteiger partial charge in [0.05, 0.1) is 10.6 Å². The van der Waals surface area contributed by atoms with E-state index in [1.807, 2.05) is 37.3 Å². The van der Waals surface area contributed by atoms with Crippen molar-refractivity contribution in [1.82, 2.24) is 5.32 Å². The number of hydrogen-bond acceptors (Lipinski definition) is 4. The summed E-state index contributed by atoms with van der Waals surface area (Å²) >= 11 is 1.73. The van der Waals surface area contributed by atoms with Gasteiger partial charge in [0.15, 0.2) is 0 Å². The van der Waals surface area contributed by atoms with Crippen LogP contribution >= 0.6 is 11.8 Å². The van der Waals surface area contributed by atoms with Crippen LogP contribution in [0.1, 0.15) is 21.5 Å². The zero-order valence-electron chi connectivity index (χ0n) is 16.7. The van der Waals surface area contributed by atoms with Crippen molar-refractivity contribution in [2.45, 2.75) is 17.6 Å². The second-order valence-electron chi connectivity index (χ2n) is 6.74. The molecule has 0 aliphatic rings. The molecule has 0 radical (unpaired) electrons. The fourth-order valence-electron chi connectivity index (χ4n) is 2.80. The van der Waals surface area contributed by atoms with Crippen LogP contribution in [0.2, 0.25) is 0 Å². The molecule has 0 atom stereocenters. The SMILES string of the molecule is Cc1ccccc1NS(=O)(=O)c1cccc(C(=O)NCCSCc2ccccc2)c1. The quantitative estimate of drug-likeness (QED) is 0.482. The molecule has 0 heterocycles. The van der Waals surface area contributed by atoms with Crippen LogP contribution in [0.15, 0.2) is 83.8 Å². The maximum atomic E-state index is 12.7. The minimum Gasteiger partial charge on any atom is -0.351 e. The fourth-order valence-corrected chi connectivity index (χ4v) is 4.79. The van der Waals surface area contributed by atoms with Crippen LogP contribution < -0.4 is 10.0 Å². The second-order valence-corrected chi connectivity index (χ2v) is 9.53. The van der Waals surface area contributed by atoms with Gasteiger partial charge in [-0.1, -0.05) is 54.6 Å². The van der Waals surface area contributed by atoms with E-state index in [2.05, 4.69) is 22.2 Å². The van der Waals surface area contributed by atoms with Gasteiger partial charge in [-0.25, -0.2) is 8.42 Å². The van der Waals surface area contributed by atoms with E-state index in [4.69, 9.17) is 0 Å². The normalized spacial score (nSPS) is 11.1. The van der Waals surface area contributed by atoms with Gasteiger partial charge in [0.1, 0.15) is 0 Å². The summed E-state index contributed by atoms with van der Waals surface area (Å²) in [5.41, 5.74) is 2.90. The van der Waals surface area contributed by atoms with E-state index >= 15 is 0 Å². The summed E-state index contributed by atoms with van der Waals surface area (Å²) in [5.74, 6) is 1.37. The molecule has 30 heavy (non-hydrogen) atoms. The first-order valence-corrected chi connectivity index (χ1v) is 12.2. The third kappa shape index (κ3) is 6.11. The Hall–Kier alpha value is -2.77. The molecular formula is C23H24N2O3S2. The van der Waals surface area contributed by atoms with E-state index in [0.29, 0.717) is 17.8 Å². The first-order chi connectivity index (χ1) is 14.5. The summed E-state index contributed by atoms with van der Waals surface area (Å²) in [5, 5.41) is 2.85. The van der Waals surface area contributed by atoms with Crippen LogP contribution in [0.3, 0.4) is 0 Å². The lowest BCUT2D eigenvalue weighted by molar-refractivity contribution is 0.0956. The van der Waals surface area contributed by atoms with Crippen LogP contribution in [0, 0.1) is 6.92 Å². The van der Waals surface area contributed by atoms with Gasteiger partial charge in [0.25, 0.3) is 15.9 Å².